The van der Waals surface area contributed by atoms with Gasteiger partial charge >= 0.3 is 0 Å². The van der Waals surface area contributed by atoms with E-state index >= 15 is 0 Å². The Morgan fingerprint density at radius 2 is 1.14 bits per heavy atom. The number of aliphatic hydroxyl groups is 10. The van der Waals surface area contributed by atoms with Crippen LogP contribution in [0.4, 0.5) is 0 Å². The fraction of sp³-hybridized carbons (Fsp3) is 0.950. The van der Waals surface area contributed by atoms with Gasteiger partial charge in [0.25, 0.3) is 0 Å². The molecule has 3 rings (SSSR count). The highest BCUT2D eigenvalue weighted by atomic mass is 16.7. The summed E-state index contributed by atoms with van der Waals surface area (Å²) in [4.78, 5) is 11.5. The van der Waals surface area contributed by atoms with E-state index in [4.69, 9.17) is 23.7 Å². The molecule has 0 spiro atoms. The highest BCUT2D eigenvalue weighted by Gasteiger charge is 2.49. The van der Waals surface area contributed by atoms with Crippen LogP contribution in [0, 0.1) is 0 Å². The van der Waals surface area contributed by atoms with Gasteiger partial charge in [0, 0.05) is 6.92 Å². The zero-order valence-corrected chi connectivity index (χ0v) is 19.7. The van der Waals surface area contributed by atoms with Crippen LogP contribution in [-0.2, 0) is 28.5 Å². The van der Waals surface area contributed by atoms with Gasteiger partial charge in [-0.3, -0.25) is 4.79 Å². The summed E-state index contributed by atoms with van der Waals surface area (Å²) in [5.74, 6) is -0.591. The van der Waals surface area contributed by atoms with Gasteiger partial charge in [0.05, 0.1) is 19.8 Å². The second kappa shape index (κ2) is 12.8. The quantitative estimate of drug-likeness (QED) is 0.135. The molecular weight excluding hydrogens is 510 g/mol. The third-order valence-electron chi connectivity index (χ3n) is 6.46. The molecular formula is C20H35NO16. The predicted octanol–water partition coefficient (Wildman–Crippen LogP) is -7.43. The molecule has 3 aliphatic rings. The maximum atomic E-state index is 11.5. The van der Waals surface area contributed by atoms with E-state index in [1.165, 1.54) is 0 Å². The first kappa shape index (κ1) is 30.4. The summed E-state index contributed by atoms with van der Waals surface area (Å²) in [5, 5.41) is 102. The van der Waals surface area contributed by atoms with Crippen molar-refractivity contribution in [1.82, 2.24) is 5.32 Å². The average molecular weight is 545 g/mol. The molecule has 0 radical (unpaired) electrons. The summed E-state index contributed by atoms with van der Waals surface area (Å²) in [5.41, 5.74) is 0. The van der Waals surface area contributed by atoms with E-state index in [0.29, 0.717) is 0 Å². The van der Waals surface area contributed by atoms with Crippen molar-refractivity contribution in [3.05, 3.63) is 0 Å². The summed E-state index contributed by atoms with van der Waals surface area (Å²) in [7, 11) is 0. The molecule has 3 heterocycles. The second-order valence-corrected chi connectivity index (χ2v) is 9.15. The zero-order chi connectivity index (χ0) is 27.6. The number of nitrogens with one attached hydrogen (secondary N) is 1. The normalized spacial score (nSPS) is 49.0. The van der Waals surface area contributed by atoms with Crippen LogP contribution in [0.1, 0.15) is 6.92 Å². The Hall–Kier alpha value is -1.13. The average Bonchev–Trinajstić information content (AvgIpc) is 2.86. The molecule has 17 heteroatoms. The summed E-state index contributed by atoms with van der Waals surface area (Å²) in [6.07, 6.45) is -22.5. The minimum Gasteiger partial charge on any atom is -0.394 e. The molecule has 3 fully saturated rings. The van der Waals surface area contributed by atoms with Crippen LogP contribution in [0.5, 0.6) is 0 Å². The van der Waals surface area contributed by atoms with E-state index in [-0.39, 0.29) is 0 Å². The van der Waals surface area contributed by atoms with Gasteiger partial charge in [-0.15, -0.1) is 0 Å². The Labute approximate surface area is 210 Å². The molecule has 216 valence electrons. The largest absolute Gasteiger partial charge is 0.394 e. The fourth-order valence-corrected chi connectivity index (χ4v) is 4.25. The number of carbonyl (C=O) groups excluding carboxylic acids is 1. The summed E-state index contributed by atoms with van der Waals surface area (Å²) >= 11 is 0. The van der Waals surface area contributed by atoms with Gasteiger partial charge in [0.2, 0.25) is 5.91 Å². The van der Waals surface area contributed by atoms with Crippen molar-refractivity contribution in [2.24, 2.45) is 0 Å². The van der Waals surface area contributed by atoms with Crippen molar-refractivity contribution in [2.75, 3.05) is 19.8 Å². The van der Waals surface area contributed by atoms with E-state index in [2.05, 4.69) is 5.32 Å². The number of carbonyl (C=O) groups is 1. The van der Waals surface area contributed by atoms with Gasteiger partial charge < -0.3 is 80.1 Å². The minimum absolute atomic E-state index is 0.557. The molecule has 0 saturated carbocycles. The third kappa shape index (κ3) is 6.72. The Kier molecular flexibility index (Phi) is 10.5. The molecule has 0 bridgehead atoms. The predicted molar refractivity (Wildman–Crippen MR) is 113 cm³/mol. The Balaban J connectivity index is 1.63. The van der Waals surface area contributed by atoms with Gasteiger partial charge in [0.15, 0.2) is 18.9 Å². The van der Waals surface area contributed by atoms with Gasteiger partial charge in [0.1, 0.15) is 73.2 Å². The van der Waals surface area contributed by atoms with Crippen molar-refractivity contribution < 1.29 is 79.5 Å². The van der Waals surface area contributed by atoms with Crippen LogP contribution >= 0.6 is 0 Å². The first-order valence-electron chi connectivity index (χ1n) is 11.6. The summed E-state index contributed by atoms with van der Waals surface area (Å²) < 4.78 is 26.7. The maximum Gasteiger partial charge on any atom is 0.217 e. The summed E-state index contributed by atoms with van der Waals surface area (Å²) in [6, 6.07) is -1.28. The molecule has 3 aliphatic heterocycles. The van der Waals surface area contributed by atoms with Gasteiger partial charge in [-0.1, -0.05) is 0 Å². The summed E-state index contributed by atoms with van der Waals surface area (Å²) in [6.45, 7) is -0.686. The van der Waals surface area contributed by atoms with Crippen molar-refractivity contribution >= 4 is 5.91 Å². The topological polar surface area (TPSA) is 278 Å². The monoisotopic (exact) mass is 545 g/mol. The van der Waals surface area contributed by atoms with Crippen molar-refractivity contribution in [3.63, 3.8) is 0 Å². The lowest BCUT2D eigenvalue weighted by Gasteiger charge is -2.44. The molecule has 0 aromatic carbocycles. The van der Waals surface area contributed by atoms with Gasteiger partial charge in [-0.05, 0) is 0 Å². The lowest BCUT2D eigenvalue weighted by molar-refractivity contribution is -0.334. The van der Waals surface area contributed by atoms with Crippen molar-refractivity contribution in [3.8, 4) is 0 Å². The van der Waals surface area contributed by atoms with E-state index in [1.54, 1.807) is 0 Å². The number of hydrogen-bond donors (Lipinski definition) is 11. The zero-order valence-electron chi connectivity index (χ0n) is 19.7. The molecule has 3 saturated heterocycles. The molecule has 37 heavy (non-hydrogen) atoms. The fourth-order valence-electron chi connectivity index (χ4n) is 4.25. The Morgan fingerprint density at radius 3 is 1.70 bits per heavy atom. The van der Waals surface area contributed by atoms with Crippen LogP contribution in [0.2, 0.25) is 0 Å². The standard InChI is InChI=1S/C20H35NO16/c1-5(23)21-9-13(27)10(24)6(2-22)36-19(9)33-4-8-12(26)15(29)17(31)20(37-8)34-3-7-11(25)14(28)16(30)18(32)35-7/h6-20,22,24-32H,2-4H2,1H3,(H,21,23)/t6-,7-,8-,9-,10-,11-,12-,13-,14+,15+,16+,17+,18+,19-,20+/m1/s1. The van der Waals surface area contributed by atoms with Crippen LogP contribution in [0.3, 0.4) is 0 Å². The van der Waals surface area contributed by atoms with E-state index in [1.807, 2.05) is 0 Å². The van der Waals surface area contributed by atoms with Crippen LogP contribution < -0.4 is 5.32 Å². The molecule has 11 N–H and O–H groups in total. The van der Waals surface area contributed by atoms with E-state index in [9.17, 15) is 55.9 Å². The first-order valence-corrected chi connectivity index (χ1v) is 11.6. The number of aliphatic hydroxyl groups excluding tert-OH is 10. The molecule has 0 aliphatic carbocycles. The number of amides is 1. The highest BCUT2D eigenvalue weighted by Crippen LogP contribution is 2.27. The maximum absolute atomic E-state index is 11.5. The highest BCUT2D eigenvalue weighted by molar-refractivity contribution is 5.73. The lowest BCUT2D eigenvalue weighted by Crippen LogP contribution is -2.65. The van der Waals surface area contributed by atoms with Crippen LogP contribution in [0.15, 0.2) is 0 Å². The molecule has 0 aromatic heterocycles. The van der Waals surface area contributed by atoms with E-state index < -0.39 is 118 Å². The van der Waals surface area contributed by atoms with Crippen molar-refractivity contribution in [2.45, 2.75) is 99.0 Å². The van der Waals surface area contributed by atoms with E-state index in [0.717, 1.165) is 6.92 Å². The lowest BCUT2D eigenvalue weighted by atomic mass is 9.96. The second-order valence-electron chi connectivity index (χ2n) is 9.15. The number of ether oxygens (including phenoxy) is 5. The van der Waals surface area contributed by atoms with Crippen molar-refractivity contribution in [1.29, 1.82) is 0 Å². The Bertz CT molecular complexity index is 747. The van der Waals surface area contributed by atoms with Gasteiger partial charge in [-0.25, -0.2) is 0 Å². The molecule has 17 nitrogen and oxygen atoms in total. The Morgan fingerprint density at radius 1 is 0.649 bits per heavy atom. The molecule has 1 amide bonds. The first-order chi connectivity index (χ1) is 17.4. The molecule has 0 aromatic rings. The smallest absolute Gasteiger partial charge is 0.217 e. The third-order valence-corrected chi connectivity index (χ3v) is 6.46. The molecule has 15 atom stereocenters. The minimum atomic E-state index is -1.83. The van der Waals surface area contributed by atoms with Crippen LogP contribution in [0.25, 0.3) is 0 Å². The van der Waals surface area contributed by atoms with Gasteiger partial charge in [-0.2, -0.15) is 0 Å². The SMILES string of the molecule is CC(=O)N[C@H]1[C@H](OC[C@H]2O[C@H](OC[C@H]3O[C@H](O)[C@@H](O)[C@@H](O)[C@@H]3O)[C@@H](O)[C@@H](O)[C@@H]2O)O[C@H](CO)[C@@H](O)[C@@H]1O. The number of hydrogen-bond acceptors (Lipinski definition) is 16. The van der Waals surface area contributed by atoms with Crippen LogP contribution in [-0.4, -0.2) is 169 Å². The number of rotatable bonds is 8. The molecule has 0 unspecified atom stereocenters.